The van der Waals surface area contributed by atoms with Crippen LogP contribution in [0, 0.1) is 0 Å². The molecule has 1 aromatic heterocycles. The van der Waals surface area contributed by atoms with Crippen molar-refractivity contribution in [3.8, 4) is 0 Å². The van der Waals surface area contributed by atoms with Crippen molar-refractivity contribution in [2.75, 3.05) is 11.6 Å². The lowest BCUT2D eigenvalue weighted by Crippen LogP contribution is -2.42. The maximum absolute atomic E-state index is 12.8. The van der Waals surface area contributed by atoms with Crippen LogP contribution in [0.4, 0.5) is 5.69 Å². The summed E-state index contributed by atoms with van der Waals surface area (Å²) >= 11 is 7.30. The fourth-order valence-electron chi connectivity index (χ4n) is 2.89. The van der Waals surface area contributed by atoms with E-state index in [2.05, 4.69) is 4.99 Å². The Balaban J connectivity index is 1.65. The topological polar surface area (TPSA) is 54.7 Å². The fraction of sp³-hybridized carbons (Fsp3) is 0.150. The van der Waals surface area contributed by atoms with Gasteiger partial charge in [-0.15, -0.1) is 0 Å². The van der Waals surface area contributed by atoms with Crippen LogP contribution in [0.25, 0.3) is 6.08 Å². The highest BCUT2D eigenvalue weighted by molar-refractivity contribution is 7.07. The van der Waals surface area contributed by atoms with Crippen molar-refractivity contribution in [1.29, 1.82) is 0 Å². The number of anilines is 1. The van der Waals surface area contributed by atoms with Crippen molar-refractivity contribution in [2.24, 2.45) is 4.99 Å². The maximum atomic E-state index is 12.8. The average molecular weight is 398 g/mol. The van der Waals surface area contributed by atoms with Gasteiger partial charge in [0, 0.05) is 16.3 Å². The number of carbonyl (C=O) groups is 1. The largest absolute Gasteiger partial charge is 0.334 e. The molecular formula is C20H16ClN3O2S. The summed E-state index contributed by atoms with van der Waals surface area (Å²) in [4.78, 5) is 31.5. The summed E-state index contributed by atoms with van der Waals surface area (Å²) in [7, 11) is 0. The van der Waals surface area contributed by atoms with Gasteiger partial charge in [0.15, 0.2) is 10.6 Å². The number of hydrogen-bond acceptors (Lipinski definition) is 5. The number of nitrogens with zero attached hydrogens (tertiary/aromatic N) is 3. The molecule has 0 saturated heterocycles. The quantitative estimate of drug-likeness (QED) is 0.638. The number of rotatable bonds is 3. The summed E-state index contributed by atoms with van der Waals surface area (Å²) in [6, 6.07) is 14.7. The van der Waals surface area contributed by atoms with E-state index in [-0.39, 0.29) is 11.3 Å². The zero-order valence-corrected chi connectivity index (χ0v) is 16.1. The Morgan fingerprint density at radius 3 is 2.52 bits per heavy atom. The normalized spacial score (nSPS) is 14.0. The molecule has 2 aromatic carbocycles. The Bertz CT molecular complexity index is 1180. The Labute approximate surface area is 164 Å². The molecule has 2 heterocycles. The van der Waals surface area contributed by atoms with Crippen molar-refractivity contribution < 1.29 is 4.79 Å². The highest BCUT2D eigenvalue weighted by atomic mass is 35.5. The first-order valence-corrected chi connectivity index (χ1v) is 9.58. The van der Waals surface area contributed by atoms with Crippen molar-refractivity contribution >= 4 is 40.5 Å². The molecular weight excluding hydrogens is 382 g/mol. The molecule has 0 aliphatic carbocycles. The third-order valence-corrected chi connectivity index (χ3v) is 5.68. The Kier molecular flexibility index (Phi) is 4.68. The molecule has 27 heavy (non-hydrogen) atoms. The van der Waals surface area contributed by atoms with E-state index in [0.717, 1.165) is 16.1 Å². The van der Waals surface area contributed by atoms with Crippen molar-refractivity contribution in [3.63, 3.8) is 0 Å². The average Bonchev–Trinajstić information content (AvgIpc) is 2.99. The number of carbonyl (C=O) groups excluding carboxylic acids is 1. The Hall–Kier alpha value is -2.70. The molecule has 0 spiro atoms. The molecule has 136 valence electrons. The summed E-state index contributed by atoms with van der Waals surface area (Å²) in [6.07, 6.45) is 1.86. The highest BCUT2D eigenvalue weighted by Gasteiger charge is 2.16. The molecule has 0 amide bonds. The van der Waals surface area contributed by atoms with E-state index in [4.69, 9.17) is 11.6 Å². The molecule has 0 N–H and O–H groups in total. The second kappa shape index (κ2) is 7.13. The molecule has 0 saturated carbocycles. The van der Waals surface area contributed by atoms with E-state index in [1.807, 2.05) is 35.2 Å². The van der Waals surface area contributed by atoms with Crippen LogP contribution < -0.4 is 19.8 Å². The molecule has 0 atom stereocenters. The molecule has 0 fully saturated rings. The number of benzene rings is 2. The Morgan fingerprint density at radius 1 is 1.15 bits per heavy atom. The predicted molar refractivity (Wildman–Crippen MR) is 108 cm³/mol. The summed E-state index contributed by atoms with van der Waals surface area (Å²) in [5, 5.41) is 0.663. The number of aromatic nitrogens is 1. The van der Waals surface area contributed by atoms with Crippen molar-refractivity contribution in [3.05, 3.63) is 84.4 Å². The number of Topliss-reactive ketones (excluding diaryl/α,β-unsaturated/α-hetero) is 1. The fourth-order valence-corrected chi connectivity index (χ4v) is 3.98. The van der Waals surface area contributed by atoms with Gasteiger partial charge in [0.1, 0.15) is 13.3 Å². The van der Waals surface area contributed by atoms with Gasteiger partial charge < -0.3 is 4.90 Å². The summed E-state index contributed by atoms with van der Waals surface area (Å²) in [5.74, 6) is 0.0311. The number of fused-ring (bicyclic) bond motifs is 1. The van der Waals surface area contributed by atoms with Crippen molar-refractivity contribution in [2.45, 2.75) is 13.6 Å². The van der Waals surface area contributed by atoms with Gasteiger partial charge in [-0.3, -0.25) is 14.2 Å². The van der Waals surface area contributed by atoms with E-state index in [1.165, 1.54) is 11.3 Å². The lowest BCUT2D eigenvalue weighted by atomic mass is 10.1. The van der Waals surface area contributed by atoms with E-state index in [0.29, 0.717) is 28.5 Å². The summed E-state index contributed by atoms with van der Waals surface area (Å²) < 4.78 is 2.32. The molecule has 7 heteroatoms. The van der Waals surface area contributed by atoms with Crippen LogP contribution in [0.15, 0.2) is 58.3 Å². The van der Waals surface area contributed by atoms with Gasteiger partial charge in [0.25, 0.3) is 5.56 Å². The van der Waals surface area contributed by atoms with Crippen LogP contribution in [0.1, 0.15) is 22.8 Å². The second-order valence-corrected chi connectivity index (χ2v) is 7.71. The number of halogens is 1. The third-order valence-electron chi connectivity index (χ3n) is 4.38. The predicted octanol–water partition coefficient (Wildman–Crippen LogP) is 2.65. The first-order chi connectivity index (χ1) is 13.0. The maximum Gasteiger partial charge on any atom is 0.271 e. The van der Waals surface area contributed by atoms with E-state index in [9.17, 15) is 9.59 Å². The first kappa shape index (κ1) is 17.7. The molecule has 0 radical (unpaired) electrons. The van der Waals surface area contributed by atoms with Gasteiger partial charge in [-0.25, -0.2) is 4.99 Å². The number of ketones is 1. The molecule has 1 aliphatic rings. The molecule has 1 aliphatic heterocycles. The minimum Gasteiger partial charge on any atom is -0.334 e. The van der Waals surface area contributed by atoms with Crippen LogP contribution in [0.5, 0.6) is 0 Å². The smallest absolute Gasteiger partial charge is 0.271 e. The highest BCUT2D eigenvalue weighted by Crippen LogP contribution is 2.17. The Morgan fingerprint density at radius 2 is 1.85 bits per heavy atom. The minimum atomic E-state index is -0.0567. The van der Waals surface area contributed by atoms with Gasteiger partial charge >= 0.3 is 0 Å². The third kappa shape index (κ3) is 3.59. The lowest BCUT2D eigenvalue weighted by molar-refractivity contribution is 0.101. The zero-order chi connectivity index (χ0) is 19.0. The van der Waals surface area contributed by atoms with E-state index < -0.39 is 0 Å². The molecule has 4 rings (SSSR count). The van der Waals surface area contributed by atoms with E-state index >= 15 is 0 Å². The second-order valence-electron chi connectivity index (χ2n) is 6.26. The van der Waals surface area contributed by atoms with Crippen LogP contribution in [0.3, 0.4) is 0 Å². The molecule has 3 aromatic rings. The number of hydrogen-bond donors (Lipinski definition) is 0. The zero-order valence-electron chi connectivity index (χ0n) is 14.6. The van der Waals surface area contributed by atoms with E-state index in [1.54, 1.807) is 35.8 Å². The van der Waals surface area contributed by atoms with Crippen LogP contribution >= 0.6 is 22.9 Å². The SMILES string of the molecule is CC(=O)c1ccc(N2CN=c3sc(=Cc4ccc(Cl)cc4)c(=O)n3C2)cc1. The monoisotopic (exact) mass is 397 g/mol. The van der Waals surface area contributed by atoms with Crippen LogP contribution in [0.2, 0.25) is 5.02 Å². The van der Waals surface area contributed by atoms with Gasteiger partial charge in [0.05, 0.1) is 4.53 Å². The first-order valence-electron chi connectivity index (χ1n) is 8.38. The molecule has 0 unspecified atom stereocenters. The van der Waals surface area contributed by atoms with Crippen molar-refractivity contribution in [1.82, 2.24) is 4.57 Å². The van der Waals surface area contributed by atoms with Gasteiger partial charge in [-0.2, -0.15) is 0 Å². The van der Waals surface area contributed by atoms with Gasteiger partial charge in [0.2, 0.25) is 0 Å². The van der Waals surface area contributed by atoms with Gasteiger partial charge in [-0.05, 0) is 55.0 Å². The molecule has 5 nitrogen and oxygen atoms in total. The van der Waals surface area contributed by atoms with Gasteiger partial charge in [-0.1, -0.05) is 35.1 Å². The molecule has 0 bridgehead atoms. The standard InChI is InChI=1S/C20H16ClN3O2S/c1-13(25)15-4-8-17(9-5-15)23-11-22-20-24(12-23)19(26)18(27-20)10-14-2-6-16(21)7-3-14/h2-10H,11-12H2,1H3. The van der Waals surface area contributed by atoms with Crippen LogP contribution in [-0.2, 0) is 6.67 Å². The van der Waals surface area contributed by atoms with Crippen LogP contribution in [-0.4, -0.2) is 17.0 Å². The lowest BCUT2D eigenvalue weighted by Gasteiger charge is -2.25. The summed E-state index contributed by atoms with van der Waals surface area (Å²) in [6.45, 7) is 2.45. The number of thiazole rings is 1. The minimum absolute atomic E-state index is 0.0311. The summed E-state index contributed by atoms with van der Waals surface area (Å²) in [5.41, 5.74) is 2.46.